The third kappa shape index (κ3) is 5.63. The highest BCUT2D eigenvalue weighted by atomic mass is 35.5. The first-order valence-corrected chi connectivity index (χ1v) is 14.3. The lowest BCUT2D eigenvalue weighted by molar-refractivity contribution is -0.147. The fourth-order valence-electron chi connectivity index (χ4n) is 5.62. The number of hydrogen-bond donors (Lipinski definition) is 1. The van der Waals surface area contributed by atoms with Crippen LogP contribution in [0.4, 0.5) is 15.0 Å². The summed E-state index contributed by atoms with van der Waals surface area (Å²) in [4.78, 5) is 45.1. The molecule has 3 amide bonds. The molecule has 6 rings (SSSR count). The smallest absolute Gasteiger partial charge is 0.329 e. The Morgan fingerprint density at radius 2 is 1.86 bits per heavy atom. The molecular formula is C32H29ClFN5O5. The third-order valence-electron chi connectivity index (χ3n) is 7.94. The zero-order valence-electron chi connectivity index (χ0n) is 24.0. The van der Waals surface area contributed by atoms with Crippen LogP contribution in [0, 0.1) is 5.82 Å². The number of imide groups is 1. The lowest BCUT2D eigenvalue weighted by Gasteiger charge is -2.26. The summed E-state index contributed by atoms with van der Waals surface area (Å²) in [5, 5.41) is 2.63. The number of fused-ring (bicyclic) bond motifs is 1. The number of amides is 3. The van der Waals surface area contributed by atoms with Gasteiger partial charge in [-0.15, -0.1) is 0 Å². The van der Waals surface area contributed by atoms with Gasteiger partial charge in [-0.1, -0.05) is 41.9 Å². The molecule has 2 aliphatic heterocycles. The van der Waals surface area contributed by atoms with Crippen LogP contribution in [0.25, 0.3) is 11.4 Å². The monoisotopic (exact) mass is 617 g/mol. The molecule has 0 radical (unpaired) electrons. The Bertz CT molecular complexity index is 1740. The minimum absolute atomic E-state index is 0.0303. The Labute approximate surface area is 257 Å². The molecule has 226 valence electrons. The molecule has 0 bridgehead atoms. The number of carbonyl (C=O) groups is 3. The fourth-order valence-corrected chi connectivity index (χ4v) is 5.84. The number of rotatable bonds is 8. The summed E-state index contributed by atoms with van der Waals surface area (Å²) < 4.78 is 26.9. The molecule has 12 heteroatoms. The van der Waals surface area contributed by atoms with Crippen LogP contribution >= 0.6 is 11.6 Å². The summed E-state index contributed by atoms with van der Waals surface area (Å²) in [6.45, 7) is 1.29. The largest absolute Gasteiger partial charge is 0.489 e. The van der Waals surface area contributed by atoms with Crippen LogP contribution in [0.1, 0.15) is 34.7 Å². The van der Waals surface area contributed by atoms with Crippen molar-refractivity contribution in [2.24, 2.45) is 7.05 Å². The predicted molar refractivity (Wildman–Crippen MR) is 160 cm³/mol. The molecule has 1 N–H and O–H groups in total. The van der Waals surface area contributed by atoms with Crippen LogP contribution in [-0.2, 0) is 41.1 Å². The van der Waals surface area contributed by atoms with Crippen LogP contribution < -0.4 is 15.0 Å². The lowest BCUT2D eigenvalue weighted by Crippen LogP contribution is -2.50. The van der Waals surface area contributed by atoms with E-state index < -0.39 is 23.9 Å². The number of benzene rings is 3. The molecule has 1 saturated heterocycles. The first-order valence-electron chi connectivity index (χ1n) is 14.0. The Morgan fingerprint density at radius 1 is 1.09 bits per heavy atom. The number of aromatic nitrogens is 2. The van der Waals surface area contributed by atoms with E-state index in [0.29, 0.717) is 35.5 Å². The summed E-state index contributed by atoms with van der Waals surface area (Å²) in [6.07, 6.45) is 1.84. The van der Waals surface area contributed by atoms with Crippen molar-refractivity contribution in [2.45, 2.75) is 32.2 Å². The van der Waals surface area contributed by atoms with Crippen molar-refractivity contribution >= 4 is 35.3 Å². The molecule has 0 unspecified atom stereocenters. The van der Waals surface area contributed by atoms with E-state index in [1.54, 1.807) is 36.5 Å². The minimum Gasteiger partial charge on any atom is -0.489 e. The number of nitrogens with one attached hydrogen (secondary N) is 1. The number of ether oxygens (including phenoxy) is 2. The Kier molecular flexibility index (Phi) is 8.07. The van der Waals surface area contributed by atoms with E-state index in [-0.39, 0.29) is 31.0 Å². The fraction of sp³-hybridized carbons (Fsp3) is 0.250. The first-order chi connectivity index (χ1) is 21.2. The Hall–Kier alpha value is -4.74. The van der Waals surface area contributed by atoms with E-state index >= 15 is 0 Å². The standard InChI is InChI=1S/C32H29ClFN5O5/c1-37-28(39-13-12-27(40)36-32(39)42)15-35-30(37)20-6-7-21-16-38(17-22(21)14-20)29(31(41)43-2)19-8-10-23(11-9-19)44-18-24-25(33)4-3-5-26(24)34/h3-11,14-15,29H,12-13,16-18H2,1-2H3,(H,36,40,42)/t29-/m0/s1. The zero-order valence-corrected chi connectivity index (χ0v) is 24.8. The van der Waals surface area contributed by atoms with E-state index in [1.165, 1.54) is 24.1 Å². The molecule has 0 saturated carbocycles. The molecule has 0 aliphatic carbocycles. The minimum atomic E-state index is -0.661. The molecule has 1 fully saturated rings. The van der Waals surface area contributed by atoms with Gasteiger partial charge in [0.15, 0.2) is 0 Å². The number of imidazole rings is 1. The molecule has 2 aliphatic rings. The van der Waals surface area contributed by atoms with Crippen molar-refractivity contribution in [3.63, 3.8) is 0 Å². The van der Waals surface area contributed by atoms with Crippen molar-refractivity contribution in [1.29, 1.82) is 0 Å². The van der Waals surface area contributed by atoms with Crippen LogP contribution in [0.3, 0.4) is 0 Å². The summed E-state index contributed by atoms with van der Waals surface area (Å²) >= 11 is 6.11. The molecule has 3 heterocycles. The maximum atomic E-state index is 14.1. The molecule has 1 atom stereocenters. The summed E-state index contributed by atoms with van der Waals surface area (Å²) in [6, 6.07) is 16.4. The second-order valence-corrected chi connectivity index (χ2v) is 11.0. The van der Waals surface area contributed by atoms with Crippen molar-refractivity contribution in [3.05, 3.63) is 100.0 Å². The van der Waals surface area contributed by atoms with E-state index in [1.807, 2.05) is 34.7 Å². The first kappa shape index (κ1) is 29.3. The van der Waals surface area contributed by atoms with Gasteiger partial charge < -0.3 is 14.0 Å². The van der Waals surface area contributed by atoms with Crippen molar-refractivity contribution in [2.75, 3.05) is 18.6 Å². The maximum absolute atomic E-state index is 14.1. The maximum Gasteiger partial charge on any atom is 0.329 e. The van der Waals surface area contributed by atoms with Crippen LogP contribution in [0.2, 0.25) is 5.02 Å². The third-order valence-corrected chi connectivity index (χ3v) is 8.29. The number of halogens is 2. The van der Waals surface area contributed by atoms with Gasteiger partial charge in [-0.05, 0) is 47.0 Å². The molecule has 10 nitrogen and oxygen atoms in total. The van der Waals surface area contributed by atoms with E-state index in [4.69, 9.17) is 21.1 Å². The number of esters is 1. The molecule has 0 spiro atoms. The summed E-state index contributed by atoms with van der Waals surface area (Å²) in [7, 11) is 3.19. The van der Waals surface area contributed by atoms with Crippen LogP contribution in [-0.4, -0.2) is 46.0 Å². The van der Waals surface area contributed by atoms with Gasteiger partial charge in [0.25, 0.3) is 0 Å². The van der Waals surface area contributed by atoms with Crippen molar-refractivity contribution in [3.8, 4) is 17.1 Å². The van der Waals surface area contributed by atoms with Gasteiger partial charge in [-0.3, -0.25) is 19.9 Å². The van der Waals surface area contributed by atoms with E-state index in [2.05, 4.69) is 10.3 Å². The van der Waals surface area contributed by atoms with Crippen LogP contribution in [0.5, 0.6) is 5.75 Å². The topological polar surface area (TPSA) is 106 Å². The van der Waals surface area contributed by atoms with Gasteiger partial charge in [0.2, 0.25) is 5.91 Å². The van der Waals surface area contributed by atoms with Crippen molar-refractivity contribution < 1.29 is 28.2 Å². The second kappa shape index (κ2) is 12.1. The number of hydrogen-bond acceptors (Lipinski definition) is 7. The average molecular weight is 618 g/mol. The Balaban J connectivity index is 1.18. The highest BCUT2D eigenvalue weighted by Crippen LogP contribution is 2.35. The molecule has 4 aromatic rings. The van der Waals surface area contributed by atoms with Gasteiger partial charge in [0.05, 0.1) is 18.3 Å². The number of nitrogens with zero attached hydrogens (tertiary/aromatic N) is 4. The lowest BCUT2D eigenvalue weighted by atomic mass is 10.1. The molecule has 3 aromatic carbocycles. The quantitative estimate of drug-likeness (QED) is 0.273. The van der Waals surface area contributed by atoms with Gasteiger partial charge in [0.1, 0.15) is 35.9 Å². The molecular weight excluding hydrogens is 589 g/mol. The summed E-state index contributed by atoms with van der Waals surface area (Å²) in [5.41, 5.74) is 3.99. The number of anilines is 1. The van der Waals surface area contributed by atoms with Gasteiger partial charge in [-0.25, -0.2) is 19.0 Å². The van der Waals surface area contributed by atoms with Crippen molar-refractivity contribution in [1.82, 2.24) is 19.8 Å². The summed E-state index contributed by atoms with van der Waals surface area (Å²) in [5.74, 6) is 0.638. The van der Waals surface area contributed by atoms with Gasteiger partial charge in [0, 0.05) is 44.2 Å². The van der Waals surface area contributed by atoms with Gasteiger partial charge >= 0.3 is 12.0 Å². The highest BCUT2D eigenvalue weighted by molar-refractivity contribution is 6.31. The number of urea groups is 1. The normalized spacial score (nSPS) is 15.6. The van der Waals surface area contributed by atoms with E-state index in [0.717, 1.165) is 22.3 Å². The zero-order chi connectivity index (χ0) is 31.0. The number of methoxy groups -OCH3 is 1. The number of carbonyl (C=O) groups excluding carboxylic acids is 3. The second-order valence-electron chi connectivity index (χ2n) is 10.6. The Morgan fingerprint density at radius 3 is 2.59 bits per heavy atom. The SMILES string of the molecule is COC(=O)[C@H](c1ccc(OCc2c(F)cccc2Cl)cc1)N1Cc2ccc(-c3ncc(N4CCC(=O)NC4=O)n3C)cc2C1. The molecule has 1 aromatic heterocycles. The van der Waals surface area contributed by atoms with Crippen LogP contribution in [0.15, 0.2) is 66.9 Å². The van der Waals surface area contributed by atoms with Gasteiger partial charge in [-0.2, -0.15) is 0 Å². The highest BCUT2D eigenvalue weighted by Gasteiger charge is 2.33. The predicted octanol–water partition coefficient (Wildman–Crippen LogP) is 5.13. The van der Waals surface area contributed by atoms with E-state index in [9.17, 15) is 18.8 Å². The molecule has 44 heavy (non-hydrogen) atoms. The average Bonchev–Trinajstić information content (AvgIpc) is 3.60.